The molecule has 1 aliphatic rings. The highest BCUT2D eigenvalue weighted by molar-refractivity contribution is 6.35. The van der Waals surface area contributed by atoms with E-state index >= 15 is 0 Å². The van der Waals surface area contributed by atoms with Gasteiger partial charge in [0.25, 0.3) is 0 Å². The number of likely N-dealkylation sites (N-methyl/N-ethyl adjacent to an activating group) is 1. The lowest BCUT2D eigenvalue weighted by Crippen LogP contribution is -2.30. The second-order valence-electron chi connectivity index (χ2n) is 6.61. The van der Waals surface area contributed by atoms with E-state index in [0.717, 1.165) is 16.7 Å². The Labute approximate surface area is 171 Å². The van der Waals surface area contributed by atoms with Crippen molar-refractivity contribution in [2.75, 3.05) is 7.05 Å². The first kappa shape index (κ1) is 18.7. The lowest BCUT2D eigenvalue weighted by Gasteiger charge is -2.26. The van der Waals surface area contributed by atoms with E-state index in [-0.39, 0.29) is 6.04 Å². The molecule has 27 heavy (non-hydrogen) atoms. The number of aliphatic hydroxyl groups excluding tert-OH is 1. The molecule has 0 saturated carbocycles. The minimum atomic E-state index is -0.584. The number of hydrogen-bond acceptors (Lipinski definition) is 5. The second-order valence-corrected chi connectivity index (χ2v) is 7.89. The van der Waals surface area contributed by atoms with Gasteiger partial charge in [0, 0.05) is 27.1 Å². The number of hydrogen-bond donors (Lipinski definition) is 1. The fourth-order valence-electron chi connectivity index (χ4n) is 3.51. The number of nitrogens with zero attached hydrogens (tertiary/aromatic N) is 3. The van der Waals surface area contributed by atoms with Crippen LogP contribution in [0.4, 0.5) is 0 Å². The summed E-state index contributed by atoms with van der Waals surface area (Å²) in [6.45, 7) is 0.381. The maximum atomic E-state index is 10.6. The molecule has 140 valence electrons. The zero-order chi connectivity index (χ0) is 19.1. The van der Waals surface area contributed by atoms with Crippen LogP contribution in [0.5, 0.6) is 0 Å². The normalized spacial score (nSPS) is 18.9. The third kappa shape index (κ3) is 3.71. The van der Waals surface area contributed by atoms with Gasteiger partial charge in [0.15, 0.2) is 0 Å². The molecule has 1 aliphatic carbocycles. The summed E-state index contributed by atoms with van der Waals surface area (Å²) >= 11 is 18.4. The minimum Gasteiger partial charge on any atom is -0.391 e. The predicted molar refractivity (Wildman–Crippen MR) is 105 cm³/mol. The van der Waals surface area contributed by atoms with Gasteiger partial charge in [-0.25, -0.2) is 0 Å². The van der Waals surface area contributed by atoms with Gasteiger partial charge < -0.3 is 9.63 Å². The molecule has 0 radical (unpaired) electrons. The Morgan fingerprint density at radius 3 is 2.63 bits per heavy atom. The summed E-state index contributed by atoms with van der Waals surface area (Å²) in [4.78, 5) is 6.40. The molecule has 8 heteroatoms. The standard InChI is InChI=1S/C19H16Cl3N3O2/c1-25(18-14-6-12(21)7-15(22)13(14)8-16(18)26)9-17-23-19(24-27-17)10-2-4-11(20)5-3-10/h2-7,16,18,26H,8-9H2,1H3. The summed E-state index contributed by atoms with van der Waals surface area (Å²) in [5, 5.41) is 16.4. The SMILES string of the molecule is CN(Cc1nc(-c2ccc(Cl)cc2)no1)C1c2cc(Cl)cc(Cl)c2CC1O. The molecule has 2 aromatic carbocycles. The molecule has 1 heterocycles. The quantitative estimate of drug-likeness (QED) is 0.652. The summed E-state index contributed by atoms with van der Waals surface area (Å²) < 4.78 is 5.38. The van der Waals surface area contributed by atoms with E-state index in [9.17, 15) is 5.11 Å². The van der Waals surface area contributed by atoms with E-state index in [0.29, 0.717) is 39.7 Å². The van der Waals surface area contributed by atoms with Crippen LogP contribution in [-0.4, -0.2) is 33.3 Å². The fourth-order valence-corrected chi connectivity index (χ4v) is 4.22. The smallest absolute Gasteiger partial charge is 0.241 e. The Morgan fingerprint density at radius 2 is 1.89 bits per heavy atom. The average molecular weight is 425 g/mol. The van der Waals surface area contributed by atoms with E-state index in [1.165, 1.54) is 0 Å². The third-order valence-corrected chi connectivity index (χ3v) is 5.53. The highest BCUT2D eigenvalue weighted by Gasteiger charge is 2.36. The van der Waals surface area contributed by atoms with Crippen LogP contribution in [0.25, 0.3) is 11.4 Å². The molecular formula is C19H16Cl3N3O2. The van der Waals surface area contributed by atoms with Crippen molar-refractivity contribution in [3.63, 3.8) is 0 Å². The maximum Gasteiger partial charge on any atom is 0.241 e. The maximum absolute atomic E-state index is 10.6. The van der Waals surface area contributed by atoms with Gasteiger partial charge in [-0.05, 0) is 54.6 Å². The number of aromatic nitrogens is 2. The van der Waals surface area contributed by atoms with E-state index in [2.05, 4.69) is 10.1 Å². The van der Waals surface area contributed by atoms with Crippen molar-refractivity contribution in [3.05, 3.63) is 68.5 Å². The summed E-state index contributed by atoms with van der Waals surface area (Å²) in [6, 6.07) is 10.5. The Morgan fingerprint density at radius 1 is 1.15 bits per heavy atom. The van der Waals surface area contributed by atoms with Crippen molar-refractivity contribution < 1.29 is 9.63 Å². The Hall–Kier alpha value is -1.63. The Kier molecular flexibility index (Phi) is 5.14. The van der Waals surface area contributed by atoms with Gasteiger partial charge in [0.1, 0.15) is 0 Å². The number of halogens is 3. The van der Waals surface area contributed by atoms with Crippen molar-refractivity contribution in [3.8, 4) is 11.4 Å². The van der Waals surface area contributed by atoms with Gasteiger partial charge in [0.05, 0.1) is 18.7 Å². The van der Waals surface area contributed by atoms with Crippen molar-refractivity contribution >= 4 is 34.8 Å². The lowest BCUT2D eigenvalue weighted by molar-refractivity contribution is 0.0667. The van der Waals surface area contributed by atoms with Crippen LogP contribution < -0.4 is 0 Å². The molecule has 0 saturated heterocycles. The van der Waals surface area contributed by atoms with Gasteiger partial charge in [-0.1, -0.05) is 40.0 Å². The zero-order valence-corrected chi connectivity index (χ0v) is 16.6. The summed E-state index contributed by atoms with van der Waals surface area (Å²) in [6.07, 6.45) is -0.0974. The molecule has 1 N–H and O–H groups in total. The first-order chi connectivity index (χ1) is 12.9. The number of fused-ring (bicyclic) bond motifs is 1. The van der Waals surface area contributed by atoms with E-state index in [4.69, 9.17) is 39.3 Å². The van der Waals surface area contributed by atoms with E-state index in [1.807, 2.05) is 30.1 Å². The molecule has 4 rings (SSSR count). The topological polar surface area (TPSA) is 62.4 Å². The molecule has 5 nitrogen and oxygen atoms in total. The van der Waals surface area contributed by atoms with Crippen LogP contribution in [-0.2, 0) is 13.0 Å². The zero-order valence-electron chi connectivity index (χ0n) is 14.4. The highest BCUT2D eigenvalue weighted by atomic mass is 35.5. The molecule has 1 aromatic heterocycles. The molecule has 0 amide bonds. The van der Waals surface area contributed by atoms with Crippen molar-refractivity contribution in [2.45, 2.75) is 25.1 Å². The van der Waals surface area contributed by atoms with Crippen LogP contribution in [0.3, 0.4) is 0 Å². The van der Waals surface area contributed by atoms with Gasteiger partial charge in [-0.3, -0.25) is 4.90 Å². The van der Waals surface area contributed by atoms with Crippen LogP contribution in [0, 0.1) is 0 Å². The van der Waals surface area contributed by atoms with Crippen molar-refractivity contribution in [1.82, 2.24) is 15.0 Å². The molecule has 3 aromatic rings. The molecule has 0 spiro atoms. The average Bonchev–Trinajstić information content (AvgIpc) is 3.19. The van der Waals surface area contributed by atoms with Crippen molar-refractivity contribution in [1.29, 1.82) is 0 Å². The Balaban J connectivity index is 1.55. The lowest BCUT2D eigenvalue weighted by atomic mass is 10.1. The highest BCUT2D eigenvalue weighted by Crippen LogP contribution is 2.41. The summed E-state index contributed by atoms with van der Waals surface area (Å²) in [5.41, 5.74) is 2.68. The fraction of sp³-hybridized carbons (Fsp3) is 0.263. The van der Waals surface area contributed by atoms with Gasteiger partial charge >= 0.3 is 0 Å². The largest absolute Gasteiger partial charge is 0.391 e. The van der Waals surface area contributed by atoms with Crippen LogP contribution in [0.15, 0.2) is 40.9 Å². The number of rotatable bonds is 4. The summed E-state index contributed by atoms with van der Waals surface area (Å²) in [7, 11) is 1.89. The molecule has 0 fully saturated rings. The molecule has 0 aliphatic heterocycles. The van der Waals surface area contributed by atoms with Crippen LogP contribution >= 0.6 is 34.8 Å². The second kappa shape index (κ2) is 7.41. The molecule has 2 unspecified atom stereocenters. The number of aliphatic hydroxyl groups is 1. The first-order valence-corrected chi connectivity index (χ1v) is 9.50. The monoisotopic (exact) mass is 423 g/mol. The van der Waals surface area contributed by atoms with Gasteiger partial charge in [-0.2, -0.15) is 4.98 Å². The number of benzene rings is 2. The minimum absolute atomic E-state index is 0.248. The van der Waals surface area contributed by atoms with Gasteiger partial charge in [0.2, 0.25) is 11.7 Å². The first-order valence-electron chi connectivity index (χ1n) is 8.37. The molecular weight excluding hydrogens is 409 g/mol. The van der Waals surface area contributed by atoms with Gasteiger partial charge in [-0.15, -0.1) is 0 Å². The summed E-state index contributed by atoms with van der Waals surface area (Å²) in [5.74, 6) is 0.949. The Bertz CT molecular complexity index is 975. The van der Waals surface area contributed by atoms with E-state index in [1.54, 1.807) is 18.2 Å². The third-order valence-electron chi connectivity index (χ3n) is 4.72. The molecule has 0 bridgehead atoms. The van der Waals surface area contributed by atoms with Crippen molar-refractivity contribution in [2.24, 2.45) is 0 Å². The molecule has 2 atom stereocenters. The van der Waals surface area contributed by atoms with Crippen LogP contribution in [0.2, 0.25) is 15.1 Å². The van der Waals surface area contributed by atoms with E-state index < -0.39 is 6.10 Å². The van der Waals surface area contributed by atoms with Crippen LogP contribution in [0.1, 0.15) is 23.1 Å². The predicted octanol–water partition coefficient (Wildman–Crippen LogP) is 4.79.